The van der Waals surface area contributed by atoms with Gasteiger partial charge in [0.2, 0.25) is 0 Å². The number of hydrogen-bond acceptors (Lipinski definition) is 6. The first-order valence-corrected chi connectivity index (χ1v) is 18.9. The van der Waals surface area contributed by atoms with Gasteiger partial charge in [0.1, 0.15) is 0 Å². The first-order valence-electron chi connectivity index (χ1n) is 18.9. The topological polar surface area (TPSA) is 131 Å². The molecule has 0 bridgehead atoms. The Hall–Kier alpha value is -8.96. The number of carbonyl (C=O) groups excluding carboxylic acids is 4. The number of carbonyl (C=O) groups is 4. The van der Waals surface area contributed by atoms with Crippen molar-refractivity contribution < 1.29 is 19.2 Å². The minimum Gasteiger partial charge on any atom is -0.278 e. The SMILES string of the molecule is [C-]#[N+]c1cc2c3c(cc(C#N)c4c5ccc6c7ccc8c9c(C#N)cc%10c%11c(cc([N+]#[C-])c(c%12ccc(c%13ccc(c1c34)c5c6%13)c7c8%12)c%119)C(=O)N(C)C%10=O)C(=O)N(C)C2=O. The summed E-state index contributed by atoms with van der Waals surface area (Å²) in [4.78, 5) is 64.2. The first-order chi connectivity index (χ1) is 29.1. The molecule has 2 aliphatic rings. The Labute approximate surface area is 336 Å². The zero-order chi connectivity index (χ0) is 40.9. The molecule has 13 rings (SSSR count). The van der Waals surface area contributed by atoms with Crippen LogP contribution in [0.1, 0.15) is 52.6 Å². The van der Waals surface area contributed by atoms with Gasteiger partial charge >= 0.3 is 0 Å². The number of benzene rings is 11. The summed E-state index contributed by atoms with van der Waals surface area (Å²) in [5.74, 6) is -2.02. The molecule has 0 atom stereocenters. The second kappa shape index (κ2) is 10.1. The molecule has 272 valence electrons. The van der Waals surface area contributed by atoms with E-state index in [1.54, 1.807) is 24.3 Å². The lowest BCUT2D eigenvalue weighted by Gasteiger charge is -2.28. The summed E-state index contributed by atoms with van der Waals surface area (Å²) in [5.41, 5.74) is 2.01. The standard InChI is InChI=1S/C50H18N6O4/c1-53-33-15-31-41-29(47(57)55(3)49(31)59)13-19(17-51)35-25-9-5-21-22-6-10-26-36-20(18-52)14-30-42-32(50(60)56(4)48(30)58)16-34(54-2)44(46(36)42)28-12-8-24(38(22)40(26)28)23-7-11-27(39(25)37(21)23)43(33)45(35)41/h5-16H,3-4H3. The van der Waals surface area contributed by atoms with Gasteiger partial charge in [-0.25, -0.2) is 9.69 Å². The van der Waals surface area contributed by atoms with Crippen molar-refractivity contribution in [3.05, 3.63) is 129 Å². The third-order valence-electron chi connectivity index (χ3n) is 13.4. The third-order valence-corrected chi connectivity index (χ3v) is 13.4. The van der Waals surface area contributed by atoms with Crippen LogP contribution in [0.15, 0.2) is 72.8 Å². The molecule has 0 aromatic heterocycles. The van der Waals surface area contributed by atoms with Crippen molar-refractivity contribution in [2.45, 2.75) is 0 Å². The smallest absolute Gasteiger partial charge is 0.261 e. The van der Waals surface area contributed by atoms with E-state index in [4.69, 9.17) is 13.1 Å². The van der Waals surface area contributed by atoms with Crippen molar-refractivity contribution in [1.29, 1.82) is 10.5 Å². The fourth-order valence-electron chi connectivity index (χ4n) is 11.0. The first kappa shape index (κ1) is 32.2. The molecule has 60 heavy (non-hydrogen) atoms. The molecule has 0 unspecified atom stereocenters. The molecule has 0 radical (unpaired) electrons. The van der Waals surface area contributed by atoms with Crippen molar-refractivity contribution in [1.82, 2.24) is 9.80 Å². The number of nitrogens with zero attached hydrogens (tertiary/aromatic N) is 6. The maximum absolute atomic E-state index is 13.6. The second-order valence-corrected chi connectivity index (χ2v) is 15.8. The van der Waals surface area contributed by atoms with E-state index in [1.165, 1.54) is 14.1 Å². The fraction of sp³-hybridized carbons (Fsp3) is 0.0400. The normalized spacial score (nSPS) is 14.2. The van der Waals surface area contributed by atoms with E-state index in [9.17, 15) is 29.7 Å². The predicted molar refractivity (Wildman–Crippen MR) is 230 cm³/mol. The summed E-state index contributed by atoms with van der Waals surface area (Å²) in [5, 5.41) is 35.8. The molecule has 0 saturated heterocycles. The molecule has 0 spiro atoms. The van der Waals surface area contributed by atoms with Crippen LogP contribution in [0.3, 0.4) is 0 Å². The lowest BCUT2D eigenvalue weighted by atomic mass is 9.78. The second-order valence-electron chi connectivity index (χ2n) is 15.8. The summed E-state index contributed by atoms with van der Waals surface area (Å²) in [6.07, 6.45) is 0. The zero-order valence-electron chi connectivity index (χ0n) is 31.2. The van der Waals surface area contributed by atoms with Gasteiger partial charge in [-0.15, -0.1) is 0 Å². The average molecular weight is 767 g/mol. The molecule has 10 heteroatoms. The maximum atomic E-state index is 13.6. The van der Waals surface area contributed by atoms with Crippen LogP contribution in [0, 0.1) is 35.8 Å². The summed E-state index contributed by atoms with van der Waals surface area (Å²) in [6.45, 7) is 16.6. The van der Waals surface area contributed by atoms with E-state index in [0.717, 1.165) is 74.4 Å². The highest BCUT2D eigenvalue weighted by atomic mass is 16.2. The van der Waals surface area contributed by atoms with Crippen LogP contribution in [0.2, 0.25) is 0 Å². The Morgan fingerprint density at radius 2 is 0.683 bits per heavy atom. The molecule has 11 aromatic carbocycles. The molecule has 0 aliphatic carbocycles. The van der Waals surface area contributed by atoms with Crippen molar-refractivity contribution in [2.75, 3.05) is 14.1 Å². The molecular weight excluding hydrogens is 749 g/mol. The van der Waals surface area contributed by atoms with Gasteiger partial charge in [0.15, 0.2) is 11.4 Å². The van der Waals surface area contributed by atoms with Gasteiger partial charge in [0.05, 0.1) is 36.4 Å². The van der Waals surface area contributed by atoms with Crippen LogP contribution in [-0.2, 0) is 0 Å². The van der Waals surface area contributed by atoms with Gasteiger partial charge < -0.3 is 0 Å². The number of amides is 4. The van der Waals surface area contributed by atoms with E-state index in [1.807, 2.05) is 48.5 Å². The van der Waals surface area contributed by atoms with Crippen molar-refractivity contribution >= 4 is 143 Å². The van der Waals surface area contributed by atoms with Gasteiger partial charge in [-0.2, -0.15) is 10.5 Å². The monoisotopic (exact) mass is 766 g/mol. The van der Waals surface area contributed by atoms with Gasteiger partial charge in [0.25, 0.3) is 23.6 Å². The van der Waals surface area contributed by atoms with Crippen LogP contribution >= 0.6 is 0 Å². The number of nitriles is 2. The van der Waals surface area contributed by atoms with E-state index in [-0.39, 0.29) is 44.8 Å². The summed E-state index contributed by atoms with van der Waals surface area (Å²) < 4.78 is 0. The summed E-state index contributed by atoms with van der Waals surface area (Å²) in [7, 11) is 2.81. The maximum Gasteiger partial charge on any atom is 0.261 e. The van der Waals surface area contributed by atoms with Gasteiger partial charge in [-0.1, -0.05) is 48.5 Å². The molecule has 11 aromatic rings. The van der Waals surface area contributed by atoms with Crippen LogP contribution in [0.4, 0.5) is 11.4 Å². The van der Waals surface area contributed by atoms with E-state index >= 15 is 0 Å². The Kier molecular flexibility index (Phi) is 5.43. The Bertz CT molecular complexity index is 3760. The zero-order valence-corrected chi connectivity index (χ0v) is 31.2. The Morgan fingerprint density at radius 3 is 1.00 bits per heavy atom. The number of rotatable bonds is 0. The number of imide groups is 2. The molecule has 0 fully saturated rings. The summed E-state index contributed by atoms with van der Waals surface area (Å²) in [6, 6.07) is 26.9. The summed E-state index contributed by atoms with van der Waals surface area (Å²) >= 11 is 0. The highest BCUT2D eigenvalue weighted by molar-refractivity contribution is 6.49. The molecular formula is C50H18N6O4. The predicted octanol–water partition coefficient (Wildman–Crippen LogP) is 10.8. The Balaban J connectivity index is 1.26. The van der Waals surface area contributed by atoms with E-state index in [2.05, 4.69) is 21.8 Å². The van der Waals surface area contributed by atoms with Crippen LogP contribution in [0.25, 0.3) is 117 Å². The van der Waals surface area contributed by atoms with Crippen molar-refractivity contribution in [3.63, 3.8) is 0 Å². The molecule has 4 amide bonds. The minimum atomic E-state index is -0.507. The van der Waals surface area contributed by atoms with E-state index in [0.29, 0.717) is 43.1 Å². The van der Waals surface area contributed by atoms with E-state index < -0.39 is 23.6 Å². The van der Waals surface area contributed by atoms with Crippen molar-refractivity contribution in [2.24, 2.45) is 0 Å². The van der Waals surface area contributed by atoms with Gasteiger partial charge in [0, 0.05) is 57.9 Å². The van der Waals surface area contributed by atoms with Crippen LogP contribution in [-0.4, -0.2) is 47.5 Å². The van der Waals surface area contributed by atoms with Gasteiger partial charge in [-0.3, -0.25) is 29.0 Å². The Morgan fingerprint density at radius 1 is 0.400 bits per heavy atom. The average Bonchev–Trinajstić information content (AvgIpc) is 3.28. The van der Waals surface area contributed by atoms with Crippen molar-refractivity contribution in [3.8, 4) is 12.1 Å². The lowest BCUT2D eigenvalue weighted by Crippen LogP contribution is -2.37. The lowest BCUT2D eigenvalue weighted by molar-refractivity contribution is 0.0635. The number of hydrogen-bond donors (Lipinski definition) is 0. The molecule has 10 nitrogen and oxygen atoms in total. The highest BCUT2D eigenvalue weighted by Crippen LogP contribution is 2.55. The molecule has 0 saturated carbocycles. The quantitative estimate of drug-likeness (QED) is 0.0653. The molecule has 2 heterocycles. The number of fused-ring (bicyclic) bond motifs is 6. The minimum absolute atomic E-state index is 0.245. The largest absolute Gasteiger partial charge is 0.278 e. The fourth-order valence-corrected chi connectivity index (χ4v) is 11.0. The van der Waals surface area contributed by atoms with Crippen LogP contribution < -0.4 is 0 Å². The molecule has 0 N–H and O–H groups in total. The van der Waals surface area contributed by atoms with Crippen LogP contribution in [0.5, 0.6) is 0 Å². The highest BCUT2D eigenvalue weighted by Gasteiger charge is 2.37. The molecule has 2 aliphatic heterocycles. The van der Waals surface area contributed by atoms with Gasteiger partial charge in [-0.05, 0) is 110 Å². The third kappa shape index (κ3) is 3.24.